The average Bonchev–Trinajstić information content (AvgIpc) is 3.38. The second-order valence-corrected chi connectivity index (χ2v) is 10.5. The third-order valence-electron chi connectivity index (χ3n) is 5.75. The summed E-state index contributed by atoms with van der Waals surface area (Å²) in [7, 11) is -1.96. The van der Waals surface area contributed by atoms with E-state index in [1.54, 1.807) is 17.3 Å². The fraction of sp³-hybridized carbons (Fsp3) is 0.684. The molecule has 0 radical (unpaired) electrons. The predicted molar refractivity (Wildman–Crippen MR) is 107 cm³/mol. The van der Waals surface area contributed by atoms with Crippen molar-refractivity contribution in [2.75, 3.05) is 26.7 Å². The standard InChI is InChI=1S/C19H28N2O5S2/c1-14-5-7-15(8-6-14)20(2)17(22)13-26-19(23)18-16(9-12-27-18)28(24,25)21-10-3-4-11-21/h9,12,14-15H,3-8,10-11,13H2,1-2H3. The highest BCUT2D eigenvalue weighted by Gasteiger charge is 2.33. The van der Waals surface area contributed by atoms with Gasteiger partial charge in [-0.3, -0.25) is 4.79 Å². The van der Waals surface area contributed by atoms with Crippen molar-refractivity contribution in [3.8, 4) is 0 Å². The number of hydrogen-bond acceptors (Lipinski definition) is 6. The maximum atomic E-state index is 12.7. The molecule has 1 aromatic heterocycles. The van der Waals surface area contributed by atoms with Crippen molar-refractivity contribution < 1.29 is 22.7 Å². The molecule has 0 atom stereocenters. The molecule has 2 fully saturated rings. The number of likely N-dealkylation sites (N-methyl/N-ethyl adjacent to an activating group) is 1. The van der Waals surface area contributed by atoms with Crippen LogP contribution in [0.15, 0.2) is 16.3 Å². The highest BCUT2D eigenvalue weighted by Crippen LogP contribution is 2.29. The van der Waals surface area contributed by atoms with Crippen molar-refractivity contribution in [2.24, 2.45) is 5.92 Å². The molecule has 0 spiro atoms. The molecular weight excluding hydrogens is 400 g/mol. The maximum Gasteiger partial charge on any atom is 0.350 e. The van der Waals surface area contributed by atoms with Crippen molar-refractivity contribution in [3.63, 3.8) is 0 Å². The van der Waals surface area contributed by atoms with Gasteiger partial charge in [-0.25, -0.2) is 13.2 Å². The Morgan fingerprint density at radius 3 is 2.50 bits per heavy atom. The van der Waals surface area contributed by atoms with Gasteiger partial charge < -0.3 is 9.64 Å². The Balaban J connectivity index is 1.60. The maximum absolute atomic E-state index is 12.7. The van der Waals surface area contributed by atoms with Gasteiger partial charge in [-0.15, -0.1) is 11.3 Å². The molecule has 28 heavy (non-hydrogen) atoms. The van der Waals surface area contributed by atoms with Crippen LogP contribution in [0.1, 0.15) is 55.1 Å². The minimum absolute atomic E-state index is 0.0218. The Kier molecular flexibility index (Phi) is 6.77. The number of nitrogens with zero attached hydrogens (tertiary/aromatic N) is 2. The second-order valence-electron chi connectivity index (χ2n) is 7.72. The Morgan fingerprint density at radius 2 is 1.86 bits per heavy atom. The lowest BCUT2D eigenvalue weighted by atomic mass is 9.87. The number of ether oxygens (including phenoxy) is 1. The summed E-state index contributed by atoms with van der Waals surface area (Å²) in [6, 6.07) is 1.61. The molecule has 1 aliphatic carbocycles. The summed E-state index contributed by atoms with van der Waals surface area (Å²) >= 11 is 1.03. The Morgan fingerprint density at radius 1 is 1.21 bits per heavy atom. The van der Waals surface area contributed by atoms with Gasteiger partial charge in [-0.05, 0) is 55.9 Å². The zero-order chi connectivity index (χ0) is 20.3. The summed E-state index contributed by atoms with van der Waals surface area (Å²) < 4.78 is 32.1. The van der Waals surface area contributed by atoms with Crippen LogP contribution in [0.4, 0.5) is 0 Å². The summed E-state index contributed by atoms with van der Waals surface area (Å²) in [5, 5.41) is 1.57. The molecule has 1 amide bonds. The van der Waals surface area contributed by atoms with Gasteiger partial charge in [-0.1, -0.05) is 6.92 Å². The van der Waals surface area contributed by atoms with Crippen LogP contribution in [-0.2, 0) is 19.6 Å². The van der Waals surface area contributed by atoms with E-state index in [1.807, 2.05) is 0 Å². The lowest BCUT2D eigenvalue weighted by Crippen LogP contribution is -2.41. The predicted octanol–water partition coefficient (Wildman–Crippen LogP) is 2.73. The molecule has 1 aromatic rings. The van der Waals surface area contributed by atoms with Gasteiger partial charge in [0.15, 0.2) is 6.61 Å². The molecule has 1 aliphatic heterocycles. The first-order valence-electron chi connectivity index (χ1n) is 9.81. The summed E-state index contributed by atoms with van der Waals surface area (Å²) in [4.78, 5) is 26.6. The quantitative estimate of drug-likeness (QED) is 0.651. The SMILES string of the molecule is CC1CCC(N(C)C(=O)COC(=O)c2sccc2S(=O)(=O)N2CCCC2)CC1. The van der Waals surface area contributed by atoms with Crippen LogP contribution >= 0.6 is 11.3 Å². The molecule has 0 N–H and O–H groups in total. The molecule has 0 aromatic carbocycles. The topological polar surface area (TPSA) is 84.0 Å². The summed E-state index contributed by atoms with van der Waals surface area (Å²) in [6.07, 6.45) is 5.75. The van der Waals surface area contributed by atoms with E-state index in [-0.39, 0.29) is 28.3 Å². The van der Waals surface area contributed by atoms with E-state index in [9.17, 15) is 18.0 Å². The molecule has 2 heterocycles. The van der Waals surface area contributed by atoms with Crippen molar-refractivity contribution in [2.45, 2.75) is 56.4 Å². The van der Waals surface area contributed by atoms with Crippen molar-refractivity contribution >= 4 is 33.2 Å². The number of esters is 1. The summed E-state index contributed by atoms with van der Waals surface area (Å²) in [6.45, 7) is 2.78. The molecule has 2 aliphatic rings. The summed E-state index contributed by atoms with van der Waals surface area (Å²) in [5.41, 5.74) is 0. The lowest BCUT2D eigenvalue weighted by Gasteiger charge is -2.33. The van der Waals surface area contributed by atoms with Gasteiger partial charge in [-0.2, -0.15) is 4.31 Å². The number of hydrogen-bond donors (Lipinski definition) is 0. The largest absolute Gasteiger partial charge is 0.451 e. The molecule has 9 heteroatoms. The molecule has 0 bridgehead atoms. The van der Waals surface area contributed by atoms with Gasteiger partial charge >= 0.3 is 5.97 Å². The van der Waals surface area contributed by atoms with Gasteiger partial charge in [0, 0.05) is 26.2 Å². The molecule has 3 rings (SSSR count). The number of amides is 1. The smallest absolute Gasteiger partial charge is 0.350 e. The van der Waals surface area contributed by atoms with Crippen LogP contribution < -0.4 is 0 Å². The van der Waals surface area contributed by atoms with Crippen LogP contribution in [0.25, 0.3) is 0 Å². The Bertz CT molecular complexity index is 806. The van der Waals surface area contributed by atoms with E-state index in [0.29, 0.717) is 19.0 Å². The first-order valence-corrected chi connectivity index (χ1v) is 12.1. The van der Waals surface area contributed by atoms with Crippen LogP contribution in [0.3, 0.4) is 0 Å². The van der Waals surface area contributed by atoms with Crippen LogP contribution in [0.2, 0.25) is 0 Å². The highest BCUT2D eigenvalue weighted by molar-refractivity contribution is 7.89. The molecular formula is C19H28N2O5S2. The lowest BCUT2D eigenvalue weighted by molar-refractivity contribution is -0.136. The van der Waals surface area contributed by atoms with Crippen LogP contribution in [0.5, 0.6) is 0 Å². The van der Waals surface area contributed by atoms with Crippen LogP contribution in [-0.4, -0.2) is 62.3 Å². The van der Waals surface area contributed by atoms with E-state index in [0.717, 1.165) is 49.9 Å². The van der Waals surface area contributed by atoms with E-state index in [1.165, 1.54) is 10.4 Å². The van der Waals surface area contributed by atoms with Gasteiger partial charge in [0.25, 0.3) is 5.91 Å². The van der Waals surface area contributed by atoms with E-state index >= 15 is 0 Å². The van der Waals surface area contributed by atoms with Crippen LogP contribution in [0, 0.1) is 5.92 Å². The Labute approximate surface area is 170 Å². The van der Waals surface area contributed by atoms with E-state index in [2.05, 4.69) is 6.92 Å². The fourth-order valence-electron chi connectivity index (χ4n) is 3.85. The summed E-state index contributed by atoms with van der Waals surface area (Å²) in [5.74, 6) is -0.326. The molecule has 7 nitrogen and oxygen atoms in total. The number of thiophene rings is 1. The molecule has 156 valence electrons. The number of sulfonamides is 1. The fourth-order valence-corrected chi connectivity index (χ4v) is 6.65. The van der Waals surface area contributed by atoms with Crippen molar-refractivity contribution in [1.82, 2.24) is 9.21 Å². The number of carbonyl (C=O) groups is 2. The number of rotatable bonds is 6. The first-order chi connectivity index (χ1) is 13.3. The van der Waals surface area contributed by atoms with Gasteiger partial charge in [0.2, 0.25) is 10.0 Å². The second kappa shape index (κ2) is 8.92. The Hall–Kier alpha value is -1.45. The molecule has 1 saturated heterocycles. The monoisotopic (exact) mass is 428 g/mol. The molecule has 1 saturated carbocycles. The van der Waals surface area contributed by atoms with Crippen molar-refractivity contribution in [3.05, 3.63) is 16.3 Å². The molecule has 0 unspecified atom stereocenters. The normalized spacial score (nSPS) is 23.5. The third-order valence-corrected chi connectivity index (χ3v) is 8.72. The zero-order valence-corrected chi connectivity index (χ0v) is 18.1. The minimum Gasteiger partial charge on any atom is -0.451 e. The zero-order valence-electron chi connectivity index (χ0n) is 16.4. The highest BCUT2D eigenvalue weighted by atomic mass is 32.2. The minimum atomic E-state index is -3.70. The van der Waals surface area contributed by atoms with E-state index < -0.39 is 16.0 Å². The van der Waals surface area contributed by atoms with Gasteiger partial charge in [0.1, 0.15) is 9.77 Å². The third kappa shape index (κ3) is 4.58. The first kappa shape index (κ1) is 21.3. The number of carbonyl (C=O) groups excluding carboxylic acids is 2. The average molecular weight is 429 g/mol. The van der Waals surface area contributed by atoms with E-state index in [4.69, 9.17) is 4.74 Å². The van der Waals surface area contributed by atoms with Crippen molar-refractivity contribution in [1.29, 1.82) is 0 Å². The van der Waals surface area contributed by atoms with Gasteiger partial charge in [0.05, 0.1) is 0 Å².